The first kappa shape index (κ1) is 20.7. The Morgan fingerprint density at radius 2 is 1.60 bits per heavy atom. The average Bonchev–Trinajstić information content (AvgIpc) is 2.34. The standard InChI is InChI=1S/C9H17N3O3.C5H12/c1-5(2)8(12-6(3)13)9(15)11-4-7(10)14;1-3-5-4-2/h5,8H,4H2,1-3H3,(H2,10,14)(H,11,15)(H,12,13);3-5H2,1-2H3. The first-order valence-corrected chi connectivity index (χ1v) is 7.09. The molecule has 6 heteroatoms. The Hall–Kier alpha value is -1.59. The molecule has 0 aliphatic heterocycles. The number of carbonyl (C=O) groups excluding carboxylic acids is 3. The smallest absolute Gasteiger partial charge is 0.243 e. The lowest BCUT2D eigenvalue weighted by molar-refractivity contribution is -0.130. The second kappa shape index (κ2) is 12.4. The minimum Gasteiger partial charge on any atom is -0.368 e. The lowest BCUT2D eigenvalue weighted by Crippen LogP contribution is -2.50. The molecule has 1 unspecified atom stereocenters. The van der Waals surface area contributed by atoms with Gasteiger partial charge in [0, 0.05) is 6.92 Å². The second-order valence-electron chi connectivity index (χ2n) is 4.96. The van der Waals surface area contributed by atoms with Gasteiger partial charge in [0.1, 0.15) is 6.04 Å². The van der Waals surface area contributed by atoms with Crippen LogP contribution in [0.4, 0.5) is 0 Å². The Morgan fingerprint density at radius 3 is 1.85 bits per heavy atom. The van der Waals surface area contributed by atoms with Gasteiger partial charge < -0.3 is 16.4 Å². The zero-order valence-electron chi connectivity index (χ0n) is 13.3. The van der Waals surface area contributed by atoms with E-state index in [9.17, 15) is 14.4 Å². The van der Waals surface area contributed by atoms with E-state index in [0.717, 1.165) is 0 Å². The molecule has 0 aromatic heterocycles. The predicted octanol–water partition coefficient (Wildman–Crippen LogP) is 0.945. The van der Waals surface area contributed by atoms with Crippen LogP contribution in [0.5, 0.6) is 0 Å². The minimum atomic E-state index is -0.637. The highest BCUT2D eigenvalue weighted by atomic mass is 16.2. The number of rotatable bonds is 7. The fraction of sp³-hybridized carbons (Fsp3) is 0.786. The van der Waals surface area contributed by atoms with Crippen LogP contribution < -0.4 is 16.4 Å². The van der Waals surface area contributed by atoms with Crippen LogP contribution in [-0.2, 0) is 14.4 Å². The maximum Gasteiger partial charge on any atom is 0.243 e. The van der Waals surface area contributed by atoms with E-state index in [1.165, 1.54) is 26.2 Å². The molecule has 0 spiro atoms. The van der Waals surface area contributed by atoms with Gasteiger partial charge in [0.25, 0.3) is 0 Å². The summed E-state index contributed by atoms with van der Waals surface area (Å²) in [5, 5.41) is 4.84. The third kappa shape index (κ3) is 12.9. The fourth-order valence-electron chi connectivity index (χ4n) is 1.39. The molecule has 20 heavy (non-hydrogen) atoms. The van der Waals surface area contributed by atoms with Crippen LogP contribution in [0.3, 0.4) is 0 Å². The van der Waals surface area contributed by atoms with E-state index >= 15 is 0 Å². The molecule has 3 amide bonds. The number of hydrogen-bond acceptors (Lipinski definition) is 3. The molecular formula is C14H29N3O3. The van der Waals surface area contributed by atoms with Crippen molar-refractivity contribution in [3.05, 3.63) is 0 Å². The van der Waals surface area contributed by atoms with Crippen molar-refractivity contribution in [2.45, 2.75) is 59.9 Å². The molecule has 1 atom stereocenters. The topological polar surface area (TPSA) is 101 Å². The van der Waals surface area contributed by atoms with Crippen molar-refractivity contribution < 1.29 is 14.4 Å². The van der Waals surface area contributed by atoms with Gasteiger partial charge in [-0.05, 0) is 5.92 Å². The molecule has 0 radical (unpaired) electrons. The fourth-order valence-corrected chi connectivity index (χ4v) is 1.39. The largest absolute Gasteiger partial charge is 0.368 e. The van der Waals surface area contributed by atoms with Crippen molar-refractivity contribution in [2.24, 2.45) is 11.7 Å². The van der Waals surface area contributed by atoms with Crippen LogP contribution in [0, 0.1) is 5.92 Å². The number of nitrogens with one attached hydrogen (secondary N) is 2. The zero-order valence-corrected chi connectivity index (χ0v) is 13.3. The first-order chi connectivity index (χ1) is 9.26. The van der Waals surface area contributed by atoms with Crippen molar-refractivity contribution in [1.82, 2.24) is 10.6 Å². The van der Waals surface area contributed by atoms with E-state index in [4.69, 9.17) is 5.73 Å². The summed E-state index contributed by atoms with van der Waals surface area (Å²) < 4.78 is 0. The maximum atomic E-state index is 11.5. The summed E-state index contributed by atoms with van der Waals surface area (Å²) in [4.78, 5) is 32.7. The number of hydrogen-bond donors (Lipinski definition) is 3. The Balaban J connectivity index is 0. The third-order valence-electron chi connectivity index (χ3n) is 2.45. The summed E-state index contributed by atoms with van der Waals surface area (Å²) in [6.45, 7) is 9.13. The monoisotopic (exact) mass is 287 g/mol. The van der Waals surface area contributed by atoms with E-state index < -0.39 is 17.9 Å². The molecule has 0 fully saturated rings. The molecule has 0 saturated heterocycles. The molecule has 6 nitrogen and oxygen atoms in total. The van der Waals surface area contributed by atoms with Gasteiger partial charge >= 0.3 is 0 Å². The molecule has 0 aromatic carbocycles. The van der Waals surface area contributed by atoms with Crippen molar-refractivity contribution in [3.8, 4) is 0 Å². The van der Waals surface area contributed by atoms with Crippen LogP contribution >= 0.6 is 0 Å². The van der Waals surface area contributed by atoms with Crippen molar-refractivity contribution in [1.29, 1.82) is 0 Å². The van der Waals surface area contributed by atoms with Gasteiger partial charge in [-0.2, -0.15) is 0 Å². The molecule has 118 valence electrons. The number of unbranched alkanes of at least 4 members (excludes halogenated alkanes) is 2. The highest BCUT2D eigenvalue weighted by Crippen LogP contribution is 2.01. The van der Waals surface area contributed by atoms with Crippen molar-refractivity contribution in [3.63, 3.8) is 0 Å². The highest BCUT2D eigenvalue weighted by Gasteiger charge is 2.22. The van der Waals surface area contributed by atoms with E-state index in [-0.39, 0.29) is 18.4 Å². The summed E-state index contributed by atoms with van der Waals surface area (Å²) in [7, 11) is 0. The molecule has 4 N–H and O–H groups in total. The van der Waals surface area contributed by atoms with Crippen LogP contribution in [0.2, 0.25) is 0 Å². The van der Waals surface area contributed by atoms with Gasteiger partial charge in [-0.3, -0.25) is 14.4 Å². The Morgan fingerprint density at radius 1 is 1.10 bits per heavy atom. The average molecular weight is 287 g/mol. The quantitative estimate of drug-likeness (QED) is 0.649. The summed E-state index contributed by atoms with van der Waals surface area (Å²) in [5.74, 6) is -1.36. The van der Waals surface area contributed by atoms with Crippen molar-refractivity contribution in [2.75, 3.05) is 6.54 Å². The molecule has 0 aliphatic carbocycles. The molecule has 0 rings (SSSR count). The predicted molar refractivity (Wildman–Crippen MR) is 79.8 cm³/mol. The third-order valence-corrected chi connectivity index (χ3v) is 2.45. The van der Waals surface area contributed by atoms with Crippen LogP contribution in [-0.4, -0.2) is 30.3 Å². The first-order valence-electron chi connectivity index (χ1n) is 7.09. The van der Waals surface area contributed by atoms with Gasteiger partial charge in [0.05, 0.1) is 6.54 Å². The molecule has 0 bridgehead atoms. The molecule has 0 heterocycles. The number of primary amides is 1. The Kier molecular flexibility index (Phi) is 12.9. The van der Waals surface area contributed by atoms with Gasteiger partial charge in [-0.25, -0.2) is 0 Å². The summed E-state index contributed by atoms with van der Waals surface area (Å²) in [6.07, 6.45) is 4.08. The van der Waals surface area contributed by atoms with Crippen LogP contribution in [0.15, 0.2) is 0 Å². The zero-order chi connectivity index (χ0) is 16.1. The Bertz CT molecular complexity index is 302. The van der Waals surface area contributed by atoms with Gasteiger partial charge in [-0.1, -0.05) is 47.0 Å². The van der Waals surface area contributed by atoms with Gasteiger partial charge in [0.15, 0.2) is 0 Å². The Labute approximate surface area is 121 Å². The lowest BCUT2D eigenvalue weighted by Gasteiger charge is -2.20. The molecule has 0 aliphatic rings. The van der Waals surface area contributed by atoms with E-state index in [1.54, 1.807) is 13.8 Å². The number of nitrogens with two attached hydrogens (primary N) is 1. The number of carbonyl (C=O) groups is 3. The van der Waals surface area contributed by atoms with E-state index in [2.05, 4.69) is 24.5 Å². The second-order valence-corrected chi connectivity index (χ2v) is 4.96. The van der Waals surface area contributed by atoms with Gasteiger partial charge in [-0.15, -0.1) is 0 Å². The lowest BCUT2D eigenvalue weighted by atomic mass is 10.0. The van der Waals surface area contributed by atoms with Crippen LogP contribution in [0.25, 0.3) is 0 Å². The van der Waals surface area contributed by atoms with Gasteiger partial charge in [0.2, 0.25) is 17.7 Å². The molecular weight excluding hydrogens is 258 g/mol. The minimum absolute atomic E-state index is 0.0539. The highest BCUT2D eigenvalue weighted by molar-refractivity contribution is 5.89. The SMILES string of the molecule is CC(=O)NC(C(=O)NCC(N)=O)C(C)C.CCCCC. The summed E-state index contributed by atoms with van der Waals surface area (Å²) >= 11 is 0. The summed E-state index contributed by atoms with van der Waals surface area (Å²) in [6, 6.07) is -0.637. The molecule has 0 aromatic rings. The normalized spacial score (nSPS) is 11.1. The number of amides is 3. The van der Waals surface area contributed by atoms with Crippen molar-refractivity contribution >= 4 is 17.7 Å². The van der Waals surface area contributed by atoms with E-state index in [1.807, 2.05) is 0 Å². The van der Waals surface area contributed by atoms with Crippen LogP contribution in [0.1, 0.15) is 53.9 Å². The molecule has 0 saturated carbocycles. The van der Waals surface area contributed by atoms with E-state index in [0.29, 0.717) is 0 Å². The maximum absolute atomic E-state index is 11.5. The summed E-state index contributed by atoms with van der Waals surface area (Å²) in [5.41, 5.74) is 4.88.